The van der Waals surface area contributed by atoms with Crippen molar-refractivity contribution in [2.45, 2.75) is 11.4 Å². The van der Waals surface area contributed by atoms with Crippen LogP contribution in [0, 0.1) is 10.1 Å². The predicted octanol–water partition coefficient (Wildman–Crippen LogP) is 1.98. The molecule has 1 heterocycles. The van der Waals surface area contributed by atoms with E-state index in [-0.39, 0.29) is 22.4 Å². The summed E-state index contributed by atoms with van der Waals surface area (Å²) in [5.74, 6) is -3.28. The molecule has 2 N–H and O–H groups in total. The molecule has 0 fully saturated rings. The summed E-state index contributed by atoms with van der Waals surface area (Å²) in [4.78, 5) is 23.2. The second-order valence-corrected chi connectivity index (χ2v) is 6.30. The molecule has 2 aliphatic rings. The number of rotatable bonds is 1. The number of carbonyl (C=O) groups is 1. The predicted molar refractivity (Wildman–Crippen MR) is 80.0 cm³/mol. The van der Waals surface area contributed by atoms with Gasteiger partial charge in [-0.25, -0.2) is 0 Å². The Balaban J connectivity index is 2.07. The summed E-state index contributed by atoms with van der Waals surface area (Å²) in [6.45, 7) is 0. The Morgan fingerprint density at radius 3 is 2.65 bits per heavy atom. The maximum atomic E-state index is 12.7. The first-order valence-electron chi connectivity index (χ1n) is 6.57. The zero-order valence-electron chi connectivity index (χ0n) is 11.3. The molecule has 0 saturated heterocycles. The Morgan fingerprint density at radius 2 is 1.96 bits per heavy atom. The molecule has 1 aliphatic carbocycles. The number of ether oxygens (including phenoxy) is 1. The highest BCUT2D eigenvalue weighted by Gasteiger charge is 2.72. The number of nitro groups is 1. The lowest BCUT2D eigenvalue weighted by Crippen LogP contribution is -2.48. The summed E-state index contributed by atoms with van der Waals surface area (Å²) in [6.07, 6.45) is 0. The quantitative estimate of drug-likeness (QED) is 0.580. The first-order valence-corrected chi connectivity index (χ1v) is 7.36. The lowest BCUT2D eigenvalue weighted by atomic mass is 9.87. The van der Waals surface area contributed by atoms with Crippen LogP contribution < -0.4 is 4.74 Å². The van der Waals surface area contributed by atoms with Crippen LogP contribution in [0.2, 0.25) is 0 Å². The van der Waals surface area contributed by atoms with Crippen LogP contribution in [0.3, 0.4) is 0 Å². The van der Waals surface area contributed by atoms with E-state index < -0.39 is 27.8 Å². The van der Waals surface area contributed by atoms with Crippen LogP contribution in [0.5, 0.6) is 5.75 Å². The van der Waals surface area contributed by atoms with Gasteiger partial charge in [-0.15, -0.1) is 0 Å². The molecule has 23 heavy (non-hydrogen) atoms. The zero-order chi connectivity index (χ0) is 16.6. The van der Waals surface area contributed by atoms with E-state index in [1.807, 2.05) is 0 Å². The molecule has 2 atom stereocenters. The maximum absolute atomic E-state index is 12.7. The van der Waals surface area contributed by atoms with Crippen LogP contribution in [0.25, 0.3) is 0 Å². The molecule has 1 aliphatic heterocycles. The SMILES string of the molecule is O=C1c2cccc([N+](=O)[O-])c2C2(O)Oc3cc(Br)ccc3C12O. The van der Waals surface area contributed by atoms with E-state index in [2.05, 4.69) is 15.9 Å². The molecule has 7 nitrogen and oxygen atoms in total. The Kier molecular flexibility index (Phi) is 2.59. The minimum absolute atomic E-state index is 0.0682. The second-order valence-electron chi connectivity index (χ2n) is 5.38. The van der Waals surface area contributed by atoms with Gasteiger partial charge in [-0.3, -0.25) is 14.9 Å². The van der Waals surface area contributed by atoms with E-state index in [0.717, 1.165) is 6.07 Å². The molecular weight excluding hydrogens is 370 g/mol. The Bertz CT molecular complexity index is 913. The number of hydrogen-bond donors (Lipinski definition) is 2. The van der Waals surface area contributed by atoms with Crippen molar-refractivity contribution in [3.05, 3.63) is 67.7 Å². The molecular formula is C15H8BrNO6. The van der Waals surface area contributed by atoms with E-state index in [9.17, 15) is 25.1 Å². The number of fused-ring (bicyclic) bond motifs is 5. The van der Waals surface area contributed by atoms with Crippen molar-refractivity contribution in [3.63, 3.8) is 0 Å². The summed E-state index contributed by atoms with van der Waals surface area (Å²) in [5, 5.41) is 33.2. The van der Waals surface area contributed by atoms with E-state index in [4.69, 9.17) is 4.74 Å². The van der Waals surface area contributed by atoms with Gasteiger partial charge in [0.05, 0.1) is 4.92 Å². The molecule has 2 unspecified atom stereocenters. The summed E-state index contributed by atoms with van der Waals surface area (Å²) >= 11 is 3.23. The normalized spacial score (nSPS) is 27.2. The van der Waals surface area contributed by atoms with Gasteiger partial charge in [-0.2, -0.15) is 0 Å². The number of Topliss-reactive ketones (excluding diaryl/α,β-unsaturated/α-hetero) is 1. The second kappa shape index (κ2) is 4.16. The summed E-state index contributed by atoms with van der Waals surface area (Å²) in [5.41, 5.74) is -3.29. The maximum Gasteiger partial charge on any atom is 0.283 e. The van der Waals surface area contributed by atoms with Gasteiger partial charge in [0.15, 0.2) is 0 Å². The fraction of sp³-hybridized carbons (Fsp3) is 0.133. The molecule has 0 radical (unpaired) electrons. The van der Waals surface area contributed by atoms with Crippen molar-refractivity contribution in [2.75, 3.05) is 0 Å². The third-order valence-electron chi connectivity index (χ3n) is 4.23. The molecule has 0 bridgehead atoms. The van der Waals surface area contributed by atoms with Crippen LogP contribution in [0.15, 0.2) is 40.9 Å². The Morgan fingerprint density at radius 1 is 1.22 bits per heavy atom. The van der Waals surface area contributed by atoms with Crippen LogP contribution in [-0.2, 0) is 11.4 Å². The number of benzene rings is 2. The van der Waals surface area contributed by atoms with Gasteiger partial charge in [0.25, 0.3) is 11.5 Å². The number of nitrogens with zero attached hydrogens (tertiary/aromatic N) is 1. The fourth-order valence-corrected chi connectivity index (χ4v) is 3.58. The van der Waals surface area contributed by atoms with E-state index in [1.54, 1.807) is 6.07 Å². The monoisotopic (exact) mass is 377 g/mol. The van der Waals surface area contributed by atoms with Crippen molar-refractivity contribution in [1.29, 1.82) is 0 Å². The molecule has 0 amide bonds. The number of ketones is 1. The van der Waals surface area contributed by atoms with Crippen molar-refractivity contribution in [1.82, 2.24) is 0 Å². The van der Waals surface area contributed by atoms with Crippen LogP contribution in [0.1, 0.15) is 21.5 Å². The third kappa shape index (κ3) is 1.48. The van der Waals surface area contributed by atoms with E-state index in [1.165, 1.54) is 24.3 Å². The molecule has 4 rings (SSSR count). The van der Waals surface area contributed by atoms with Crippen molar-refractivity contribution < 1.29 is 24.7 Å². The highest BCUT2D eigenvalue weighted by atomic mass is 79.9. The lowest BCUT2D eigenvalue weighted by molar-refractivity contribution is -0.388. The standard InChI is InChI=1S/C15H8BrNO6/c16-7-4-5-9-11(6-7)23-15(20)12-8(13(18)14(9,15)19)2-1-3-10(12)17(21)22/h1-6,19-20H. The number of hydrogen-bond acceptors (Lipinski definition) is 6. The van der Waals surface area contributed by atoms with Crippen LogP contribution in [-0.4, -0.2) is 20.9 Å². The summed E-state index contributed by atoms with van der Waals surface area (Å²) < 4.78 is 6.05. The van der Waals surface area contributed by atoms with Crippen molar-refractivity contribution in [3.8, 4) is 5.75 Å². The van der Waals surface area contributed by atoms with Gasteiger partial charge >= 0.3 is 0 Å². The molecule has 2 aromatic carbocycles. The summed E-state index contributed by atoms with van der Waals surface area (Å²) in [7, 11) is 0. The minimum Gasteiger partial charge on any atom is -0.453 e. The molecule has 116 valence electrons. The highest BCUT2D eigenvalue weighted by molar-refractivity contribution is 9.10. The number of aliphatic hydroxyl groups is 2. The Labute approximate surface area is 137 Å². The molecule has 0 spiro atoms. The topological polar surface area (TPSA) is 110 Å². The van der Waals surface area contributed by atoms with Gasteiger partial charge in [0, 0.05) is 21.7 Å². The fourth-order valence-electron chi connectivity index (χ4n) is 3.24. The van der Waals surface area contributed by atoms with E-state index >= 15 is 0 Å². The molecule has 8 heteroatoms. The van der Waals surface area contributed by atoms with Crippen LogP contribution >= 0.6 is 15.9 Å². The molecule has 0 aromatic heterocycles. The van der Waals surface area contributed by atoms with Gasteiger partial charge in [-0.1, -0.05) is 34.1 Å². The van der Waals surface area contributed by atoms with Gasteiger partial charge in [0.1, 0.15) is 11.3 Å². The van der Waals surface area contributed by atoms with Crippen LogP contribution in [0.4, 0.5) is 5.69 Å². The minimum atomic E-state index is -2.54. The Hall–Kier alpha value is -2.29. The molecule has 2 aromatic rings. The van der Waals surface area contributed by atoms with Crippen molar-refractivity contribution >= 4 is 27.4 Å². The average Bonchev–Trinajstić information content (AvgIpc) is 2.83. The highest BCUT2D eigenvalue weighted by Crippen LogP contribution is 2.59. The first kappa shape index (κ1) is 14.3. The largest absolute Gasteiger partial charge is 0.453 e. The lowest BCUT2D eigenvalue weighted by Gasteiger charge is -2.28. The summed E-state index contributed by atoms with van der Waals surface area (Å²) in [6, 6.07) is 8.29. The molecule has 0 saturated carbocycles. The van der Waals surface area contributed by atoms with Gasteiger partial charge in [0.2, 0.25) is 11.4 Å². The average molecular weight is 378 g/mol. The number of nitro benzene ring substituents is 1. The smallest absolute Gasteiger partial charge is 0.283 e. The van der Waals surface area contributed by atoms with Gasteiger partial charge < -0.3 is 14.9 Å². The van der Waals surface area contributed by atoms with Crippen molar-refractivity contribution in [2.24, 2.45) is 0 Å². The number of carbonyl (C=O) groups excluding carboxylic acids is 1. The third-order valence-corrected chi connectivity index (χ3v) is 4.73. The number of halogens is 1. The zero-order valence-corrected chi connectivity index (χ0v) is 12.9. The van der Waals surface area contributed by atoms with E-state index in [0.29, 0.717) is 4.47 Å². The van der Waals surface area contributed by atoms with Gasteiger partial charge in [-0.05, 0) is 12.1 Å². The first-order chi connectivity index (χ1) is 10.8.